The Morgan fingerprint density at radius 1 is 1.56 bits per heavy atom. The number of hydrogen-bond donors (Lipinski definition) is 1. The summed E-state index contributed by atoms with van der Waals surface area (Å²) in [6.45, 7) is 6.84. The van der Waals surface area contributed by atoms with Gasteiger partial charge in [-0.25, -0.2) is 9.69 Å². The lowest BCUT2D eigenvalue weighted by molar-refractivity contribution is -0.128. The molecule has 1 N–H and O–H groups in total. The second-order valence-electron chi connectivity index (χ2n) is 5.18. The number of imide groups is 1. The van der Waals surface area contributed by atoms with Crippen molar-refractivity contribution in [3.8, 4) is 0 Å². The van der Waals surface area contributed by atoms with Gasteiger partial charge in [0, 0.05) is 6.42 Å². The highest BCUT2D eigenvalue weighted by Crippen LogP contribution is 2.26. The Hall–Kier alpha value is -1.10. The highest BCUT2D eigenvalue weighted by atomic mass is 16.6. The molecule has 2 amide bonds. The molecule has 0 aromatic rings. The van der Waals surface area contributed by atoms with Crippen molar-refractivity contribution < 1.29 is 19.4 Å². The van der Waals surface area contributed by atoms with Gasteiger partial charge in [-0.3, -0.25) is 4.79 Å². The third kappa shape index (κ3) is 2.72. The molecule has 1 fully saturated rings. The summed E-state index contributed by atoms with van der Waals surface area (Å²) in [7, 11) is 0. The number of aliphatic hydroxyl groups excluding tert-OH is 1. The maximum atomic E-state index is 11.8. The minimum Gasteiger partial charge on any atom is -0.443 e. The van der Waals surface area contributed by atoms with Gasteiger partial charge in [-0.2, -0.15) is 0 Å². The molecule has 0 spiro atoms. The first-order valence-electron chi connectivity index (χ1n) is 5.42. The number of likely N-dealkylation sites (tertiary alicyclic amines) is 1. The van der Waals surface area contributed by atoms with Gasteiger partial charge in [0.05, 0.1) is 12.6 Å². The van der Waals surface area contributed by atoms with Crippen molar-refractivity contribution in [2.24, 2.45) is 5.92 Å². The van der Waals surface area contributed by atoms with Crippen molar-refractivity contribution in [3.05, 3.63) is 0 Å². The molecular weight excluding hydrogens is 210 g/mol. The van der Waals surface area contributed by atoms with E-state index in [0.717, 1.165) is 4.90 Å². The van der Waals surface area contributed by atoms with Crippen LogP contribution in [0.5, 0.6) is 0 Å². The van der Waals surface area contributed by atoms with E-state index in [1.54, 1.807) is 20.8 Å². The van der Waals surface area contributed by atoms with Crippen LogP contribution in [-0.4, -0.2) is 40.3 Å². The summed E-state index contributed by atoms with van der Waals surface area (Å²) in [4.78, 5) is 24.4. The van der Waals surface area contributed by atoms with Gasteiger partial charge >= 0.3 is 6.09 Å². The zero-order valence-corrected chi connectivity index (χ0v) is 10.2. The number of carbonyl (C=O) groups excluding carboxylic acids is 2. The maximum Gasteiger partial charge on any atom is 0.417 e. The zero-order chi connectivity index (χ0) is 12.5. The quantitative estimate of drug-likeness (QED) is 0.732. The molecule has 1 heterocycles. The standard InChI is InChI=1S/C11H19NO4/c1-7-5-9(14)12(8(7)6-13)10(15)16-11(2,3)4/h7-8,13H,5-6H2,1-4H3/t7-,8-/m1/s1. The predicted molar refractivity (Wildman–Crippen MR) is 57.7 cm³/mol. The second kappa shape index (κ2) is 4.41. The van der Waals surface area contributed by atoms with Crippen molar-refractivity contribution in [1.82, 2.24) is 4.90 Å². The van der Waals surface area contributed by atoms with Crippen molar-refractivity contribution in [3.63, 3.8) is 0 Å². The summed E-state index contributed by atoms with van der Waals surface area (Å²) in [5.74, 6) is -0.300. The Labute approximate surface area is 95.4 Å². The fourth-order valence-corrected chi connectivity index (χ4v) is 1.76. The first-order valence-corrected chi connectivity index (χ1v) is 5.42. The summed E-state index contributed by atoms with van der Waals surface area (Å²) in [5.41, 5.74) is -0.636. The van der Waals surface area contributed by atoms with E-state index in [-0.39, 0.29) is 24.9 Å². The van der Waals surface area contributed by atoms with E-state index in [1.807, 2.05) is 6.92 Å². The summed E-state index contributed by atoms with van der Waals surface area (Å²) >= 11 is 0. The Morgan fingerprint density at radius 2 is 2.12 bits per heavy atom. The molecule has 0 aromatic carbocycles. The highest BCUT2D eigenvalue weighted by molar-refractivity contribution is 5.94. The van der Waals surface area contributed by atoms with Gasteiger partial charge in [-0.1, -0.05) is 6.92 Å². The minimum absolute atomic E-state index is 0.0231. The van der Waals surface area contributed by atoms with Gasteiger partial charge in [0.2, 0.25) is 5.91 Å². The fourth-order valence-electron chi connectivity index (χ4n) is 1.76. The Bertz CT molecular complexity index is 295. The van der Waals surface area contributed by atoms with Crippen LogP contribution in [0.15, 0.2) is 0 Å². The molecule has 0 bridgehead atoms. The SMILES string of the molecule is C[C@@H]1CC(=O)N(C(=O)OC(C)(C)C)[C@@H]1CO. The molecular formula is C11H19NO4. The van der Waals surface area contributed by atoms with Gasteiger partial charge in [-0.05, 0) is 26.7 Å². The second-order valence-corrected chi connectivity index (χ2v) is 5.18. The normalized spacial score (nSPS) is 26.1. The Morgan fingerprint density at radius 3 is 2.56 bits per heavy atom. The monoisotopic (exact) mass is 229 g/mol. The molecule has 5 nitrogen and oxygen atoms in total. The van der Waals surface area contributed by atoms with Crippen LogP contribution in [0, 0.1) is 5.92 Å². The molecule has 0 radical (unpaired) electrons. The average molecular weight is 229 g/mol. The van der Waals surface area contributed by atoms with E-state index in [0.29, 0.717) is 0 Å². The topological polar surface area (TPSA) is 66.8 Å². The van der Waals surface area contributed by atoms with E-state index < -0.39 is 17.7 Å². The van der Waals surface area contributed by atoms with Crippen LogP contribution in [-0.2, 0) is 9.53 Å². The lowest BCUT2D eigenvalue weighted by atomic mass is 10.0. The van der Waals surface area contributed by atoms with Crippen LogP contribution in [0.4, 0.5) is 4.79 Å². The van der Waals surface area contributed by atoms with Crippen LogP contribution in [0.1, 0.15) is 34.1 Å². The van der Waals surface area contributed by atoms with Crippen molar-refractivity contribution in [2.75, 3.05) is 6.61 Å². The summed E-state index contributed by atoms with van der Waals surface area (Å²) in [5, 5.41) is 9.17. The Balaban J connectivity index is 2.78. The van der Waals surface area contributed by atoms with Crippen LogP contribution in [0.25, 0.3) is 0 Å². The van der Waals surface area contributed by atoms with Crippen LogP contribution in [0.3, 0.4) is 0 Å². The summed E-state index contributed by atoms with van der Waals surface area (Å²) in [6.07, 6.45) is -0.384. The van der Waals surface area contributed by atoms with Crippen molar-refractivity contribution in [2.45, 2.75) is 45.8 Å². The third-order valence-corrected chi connectivity index (χ3v) is 2.53. The number of hydrogen-bond acceptors (Lipinski definition) is 4. The van der Waals surface area contributed by atoms with Crippen LogP contribution >= 0.6 is 0 Å². The number of amides is 2. The molecule has 92 valence electrons. The minimum atomic E-state index is -0.666. The maximum absolute atomic E-state index is 11.8. The molecule has 1 rings (SSSR count). The molecule has 0 saturated carbocycles. The third-order valence-electron chi connectivity index (χ3n) is 2.53. The van der Waals surface area contributed by atoms with Gasteiger partial charge in [0.15, 0.2) is 0 Å². The van der Waals surface area contributed by atoms with E-state index >= 15 is 0 Å². The van der Waals surface area contributed by atoms with E-state index in [1.165, 1.54) is 0 Å². The molecule has 1 saturated heterocycles. The number of carbonyl (C=O) groups is 2. The molecule has 2 atom stereocenters. The van der Waals surface area contributed by atoms with E-state index in [9.17, 15) is 14.7 Å². The number of nitrogens with zero attached hydrogens (tertiary/aromatic N) is 1. The molecule has 1 aliphatic rings. The molecule has 0 aliphatic carbocycles. The Kier molecular flexibility index (Phi) is 3.57. The molecule has 1 aliphatic heterocycles. The number of rotatable bonds is 1. The first kappa shape index (κ1) is 13.0. The molecule has 16 heavy (non-hydrogen) atoms. The molecule has 5 heteroatoms. The van der Waals surface area contributed by atoms with Crippen LogP contribution < -0.4 is 0 Å². The summed E-state index contributed by atoms with van der Waals surface area (Å²) in [6, 6.07) is -0.456. The lowest BCUT2D eigenvalue weighted by Gasteiger charge is -2.27. The predicted octanol–water partition coefficient (Wildman–Crippen LogP) is 1.15. The largest absolute Gasteiger partial charge is 0.443 e. The van der Waals surface area contributed by atoms with Crippen molar-refractivity contribution >= 4 is 12.0 Å². The van der Waals surface area contributed by atoms with Gasteiger partial charge in [-0.15, -0.1) is 0 Å². The van der Waals surface area contributed by atoms with E-state index in [4.69, 9.17) is 4.74 Å². The van der Waals surface area contributed by atoms with Crippen LogP contribution in [0.2, 0.25) is 0 Å². The lowest BCUT2D eigenvalue weighted by Crippen LogP contribution is -2.44. The number of aliphatic hydroxyl groups is 1. The molecule has 0 unspecified atom stereocenters. The smallest absolute Gasteiger partial charge is 0.417 e. The fraction of sp³-hybridized carbons (Fsp3) is 0.818. The van der Waals surface area contributed by atoms with Gasteiger partial charge < -0.3 is 9.84 Å². The summed E-state index contributed by atoms with van der Waals surface area (Å²) < 4.78 is 5.13. The molecule has 0 aromatic heterocycles. The van der Waals surface area contributed by atoms with Gasteiger partial charge in [0.25, 0.3) is 0 Å². The van der Waals surface area contributed by atoms with Crippen molar-refractivity contribution in [1.29, 1.82) is 0 Å². The zero-order valence-electron chi connectivity index (χ0n) is 10.2. The highest BCUT2D eigenvalue weighted by Gasteiger charge is 2.42. The van der Waals surface area contributed by atoms with E-state index in [2.05, 4.69) is 0 Å². The first-order chi connectivity index (χ1) is 7.26. The average Bonchev–Trinajstić information content (AvgIpc) is 2.37. The number of ether oxygens (including phenoxy) is 1. The van der Waals surface area contributed by atoms with Gasteiger partial charge in [0.1, 0.15) is 5.60 Å².